The van der Waals surface area contributed by atoms with Gasteiger partial charge in [0.15, 0.2) is 0 Å². The highest BCUT2D eigenvalue weighted by atomic mass is 32.2. The Balaban J connectivity index is 2.05. The van der Waals surface area contributed by atoms with Crippen LogP contribution in [-0.4, -0.2) is 53.2 Å². The summed E-state index contributed by atoms with van der Waals surface area (Å²) >= 11 is 0. The van der Waals surface area contributed by atoms with Crippen LogP contribution >= 0.6 is 0 Å². The second-order valence-electron chi connectivity index (χ2n) is 6.73. The highest BCUT2D eigenvalue weighted by Gasteiger charge is 2.20. The highest BCUT2D eigenvalue weighted by molar-refractivity contribution is 7.92. The van der Waals surface area contributed by atoms with Gasteiger partial charge in [-0.3, -0.25) is 9.10 Å². The predicted molar refractivity (Wildman–Crippen MR) is 110 cm³/mol. The molecule has 0 unspecified atom stereocenters. The summed E-state index contributed by atoms with van der Waals surface area (Å²) in [7, 11) is 2.09. The molecule has 0 atom stereocenters. The number of benzene rings is 2. The van der Waals surface area contributed by atoms with Gasteiger partial charge in [0, 0.05) is 46.3 Å². The van der Waals surface area contributed by atoms with Gasteiger partial charge in [0.2, 0.25) is 15.9 Å². The lowest BCUT2D eigenvalue weighted by Gasteiger charge is -2.24. The van der Waals surface area contributed by atoms with Crippen molar-refractivity contribution in [3.8, 4) is 0 Å². The monoisotopic (exact) mass is 389 g/mol. The number of carbonyl (C=O) groups excluding carboxylic acids is 1. The standard InChI is InChI=1S/C20H27N3O3S/c1-21(2)18-10-12-19(13-11-18)23(27(4,25)26)15-14-20(24)22(3)16-17-8-6-5-7-9-17/h5-13H,14-16H2,1-4H3. The molecule has 7 heteroatoms. The van der Waals surface area contributed by atoms with E-state index in [-0.39, 0.29) is 18.9 Å². The molecule has 2 aromatic carbocycles. The van der Waals surface area contributed by atoms with E-state index in [2.05, 4.69) is 0 Å². The molecule has 0 aliphatic rings. The van der Waals surface area contributed by atoms with Gasteiger partial charge in [0.25, 0.3) is 0 Å². The zero-order valence-electron chi connectivity index (χ0n) is 16.3. The Kier molecular flexibility index (Phi) is 6.85. The maximum Gasteiger partial charge on any atom is 0.232 e. The van der Waals surface area contributed by atoms with Crippen LogP contribution in [0.25, 0.3) is 0 Å². The molecule has 0 aromatic heterocycles. The number of carbonyl (C=O) groups is 1. The quantitative estimate of drug-likeness (QED) is 0.696. The normalized spacial score (nSPS) is 11.1. The maximum absolute atomic E-state index is 12.5. The maximum atomic E-state index is 12.5. The van der Waals surface area contributed by atoms with Gasteiger partial charge in [-0.15, -0.1) is 0 Å². The molecule has 0 fully saturated rings. The van der Waals surface area contributed by atoms with Gasteiger partial charge in [-0.1, -0.05) is 30.3 Å². The number of nitrogens with zero attached hydrogens (tertiary/aromatic N) is 3. The molecule has 0 aliphatic heterocycles. The number of hydrogen-bond donors (Lipinski definition) is 0. The van der Waals surface area contributed by atoms with Gasteiger partial charge in [-0.2, -0.15) is 0 Å². The number of amides is 1. The first-order valence-electron chi connectivity index (χ1n) is 8.71. The van der Waals surface area contributed by atoms with Crippen LogP contribution in [0.1, 0.15) is 12.0 Å². The van der Waals surface area contributed by atoms with Crippen molar-refractivity contribution in [2.75, 3.05) is 43.1 Å². The largest absolute Gasteiger partial charge is 0.378 e. The second-order valence-corrected chi connectivity index (χ2v) is 8.64. The van der Waals surface area contributed by atoms with E-state index in [0.717, 1.165) is 17.5 Å². The van der Waals surface area contributed by atoms with Crippen molar-refractivity contribution in [2.45, 2.75) is 13.0 Å². The minimum atomic E-state index is -3.48. The molecular weight excluding hydrogens is 362 g/mol. The summed E-state index contributed by atoms with van der Waals surface area (Å²) in [6, 6.07) is 16.9. The van der Waals surface area contributed by atoms with Crippen molar-refractivity contribution in [1.29, 1.82) is 0 Å². The zero-order valence-corrected chi connectivity index (χ0v) is 17.1. The number of hydrogen-bond acceptors (Lipinski definition) is 4. The molecule has 0 saturated heterocycles. The number of sulfonamides is 1. The second kappa shape index (κ2) is 8.90. The lowest BCUT2D eigenvalue weighted by Crippen LogP contribution is -2.35. The van der Waals surface area contributed by atoms with Crippen molar-refractivity contribution in [3.05, 3.63) is 60.2 Å². The Bertz CT molecular complexity index is 850. The van der Waals surface area contributed by atoms with Gasteiger partial charge in [-0.05, 0) is 29.8 Å². The molecule has 0 bridgehead atoms. The first kappa shape index (κ1) is 20.8. The van der Waals surface area contributed by atoms with Crippen LogP contribution in [0.4, 0.5) is 11.4 Å². The Morgan fingerprint density at radius 2 is 1.44 bits per heavy atom. The Morgan fingerprint density at radius 3 is 1.96 bits per heavy atom. The van der Waals surface area contributed by atoms with Gasteiger partial charge in [0.1, 0.15) is 0 Å². The Hall–Kier alpha value is -2.54. The van der Waals surface area contributed by atoms with E-state index in [4.69, 9.17) is 0 Å². The van der Waals surface area contributed by atoms with Gasteiger partial charge < -0.3 is 9.80 Å². The van der Waals surface area contributed by atoms with E-state index in [1.54, 1.807) is 24.1 Å². The molecule has 2 aromatic rings. The van der Waals surface area contributed by atoms with Crippen LogP contribution in [0.5, 0.6) is 0 Å². The molecule has 0 radical (unpaired) electrons. The van der Waals surface area contributed by atoms with Gasteiger partial charge in [0.05, 0.1) is 11.9 Å². The minimum absolute atomic E-state index is 0.0996. The van der Waals surface area contributed by atoms with E-state index >= 15 is 0 Å². The van der Waals surface area contributed by atoms with Crippen LogP contribution in [0, 0.1) is 0 Å². The molecule has 0 saturated carbocycles. The first-order chi connectivity index (χ1) is 12.7. The molecule has 0 spiro atoms. The fourth-order valence-electron chi connectivity index (χ4n) is 2.74. The summed E-state index contributed by atoms with van der Waals surface area (Å²) in [5.74, 6) is -0.0996. The summed E-state index contributed by atoms with van der Waals surface area (Å²) < 4.78 is 25.7. The molecule has 6 nitrogen and oxygen atoms in total. The van der Waals surface area contributed by atoms with Crippen LogP contribution in [-0.2, 0) is 21.4 Å². The van der Waals surface area contributed by atoms with Crippen LogP contribution in [0.2, 0.25) is 0 Å². The third-order valence-corrected chi connectivity index (χ3v) is 5.47. The molecule has 1 amide bonds. The fourth-order valence-corrected chi connectivity index (χ4v) is 3.66. The smallest absolute Gasteiger partial charge is 0.232 e. The first-order valence-corrected chi connectivity index (χ1v) is 10.6. The van der Waals surface area contributed by atoms with Gasteiger partial charge >= 0.3 is 0 Å². The lowest BCUT2D eigenvalue weighted by atomic mass is 10.2. The topological polar surface area (TPSA) is 60.9 Å². The molecule has 0 N–H and O–H groups in total. The van der Waals surface area contributed by atoms with Crippen molar-refractivity contribution in [3.63, 3.8) is 0 Å². The molecule has 0 heterocycles. The van der Waals surface area contributed by atoms with Gasteiger partial charge in [-0.25, -0.2) is 8.42 Å². The van der Waals surface area contributed by atoms with Crippen molar-refractivity contribution in [2.24, 2.45) is 0 Å². The molecule has 2 rings (SSSR count). The van der Waals surface area contributed by atoms with Crippen molar-refractivity contribution >= 4 is 27.3 Å². The number of anilines is 2. The summed E-state index contributed by atoms with van der Waals surface area (Å²) in [6.07, 6.45) is 1.27. The predicted octanol–water partition coefficient (Wildman–Crippen LogP) is 2.57. The third kappa shape index (κ3) is 5.99. The van der Waals surface area contributed by atoms with Crippen LogP contribution in [0.3, 0.4) is 0 Å². The Labute approximate surface area is 162 Å². The van der Waals surface area contributed by atoms with E-state index in [9.17, 15) is 13.2 Å². The summed E-state index contributed by atoms with van der Waals surface area (Å²) in [4.78, 5) is 16.0. The third-order valence-electron chi connectivity index (χ3n) is 4.27. The average molecular weight is 390 g/mol. The molecule has 0 aliphatic carbocycles. The van der Waals surface area contributed by atoms with E-state index in [1.165, 1.54) is 4.31 Å². The average Bonchev–Trinajstić information content (AvgIpc) is 2.61. The summed E-state index contributed by atoms with van der Waals surface area (Å²) in [6.45, 7) is 0.605. The summed E-state index contributed by atoms with van der Waals surface area (Å²) in [5, 5.41) is 0. The van der Waals surface area contributed by atoms with Crippen LogP contribution < -0.4 is 9.21 Å². The number of rotatable bonds is 8. The van der Waals surface area contributed by atoms with E-state index < -0.39 is 10.0 Å². The minimum Gasteiger partial charge on any atom is -0.378 e. The molecule has 146 valence electrons. The van der Waals surface area contributed by atoms with Crippen molar-refractivity contribution in [1.82, 2.24) is 4.90 Å². The SMILES string of the molecule is CN(Cc1ccccc1)C(=O)CCN(c1ccc(N(C)C)cc1)S(C)(=O)=O. The van der Waals surface area contributed by atoms with Crippen LogP contribution in [0.15, 0.2) is 54.6 Å². The lowest BCUT2D eigenvalue weighted by molar-refractivity contribution is -0.130. The van der Waals surface area contributed by atoms with E-state index in [0.29, 0.717) is 12.2 Å². The zero-order chi connectivity index (χ0) is 20.0. The summed E-state index contributed by atoms with van der Waals surface area (Å²) in [5.41, 5.74) is 2.57. The van der Waals surface area contributed by atoms with Crippen molar-refractivity contribution < 1.29 is 13.2 Å². The Morgan fingerprint density at radius 1 is 0.889 bits per heavy atom. The van der Waals surface area contributed by atoms with E-state index in [1.807, 2.05) is 61.5 Å². The highest BCUT2D eigenvalue weighted by Crippen LogP contribution is 2.22. The molecule has 27 heavy (non-hydrogen) atoms. The molecular formula is C20H27N3O3S. The fraction of sp³-hybridized carbons (Fsp3) is 0.350.